The predicted molar refractivity (Wildman–Crippen MR) is 374 cm³/mol. The van der Waals surface area contributed by atoms with E-state index in [1.807, 2.05) is 6.08 Å². The molecule has 3 saturated heterocycles. The van der Waals surface area contributed by atoms with E-state index in [2.05, 4.69) is 31.3 Å². The molecule has 0 saturated carbocycles. The van der Waals surface area contributed by atoms with E-state index >= 15 is 0 Å². The van der Waals surface area contributed by atoms with Gasteiger partial charge in [0.2, 0.25) is 5.91 Å². The minimum atomic E-state index is -1.98. The summed E-state index contributed by atoms with van der Waals surface area (Å²) in [5, 5.41) is 121. The largest absolute Gasteiger partial charge is 0.394 e. The smallest absolute Gasteiger partial charge is 0.220 e. The number of ether oxygens (including phenoxy) is 6. The Balaban J connectivity index is 1.40. The highest BCUT2D eigenvalue weighted by atomic mass is 16.8. The van der Waals surface area contributed by atoms with Crippen LogP contribution < -0.4 is 5.32 Å². The third kappa shape index (κ3) is 38.8. The van der Waals surface area contributed by atoms with Crippen LogP contribution in [0.4, 0.5) is 0 Å². The van der Waals surface area contributed by atoms with Crippen LogP contribution in [-0.2, 0) is 33.2 Å². The summed E-state index contributed by atoms with van der Waals surface area (Å²) < 4.78 is 34.4. The molecule has 95 heavy (non-hydrogen) atoms. The Bertz CT molecular complexity index is 1810. The lowest BCUT2D eigenvalue weighted by Crippen LogP contribution is -2.66. The summed E-state index contributed by atoms with van der Waals surface area (Å²) in [5.41, 5.74) is 0. The fourth-order valence-corrected chi connectivity index (χ4v) is 13.4. The van der Waals surface area contributed by atoms with Crippen LogP contribution in [0.2, 0.25) is 0 Å². The van der Waals surface area contributed by atoms with E-state index in [0.717, 1.165) is 44.9 Å². The molecule has 3 aliphatic heterocycles. The molecule has 17 unspecified atom stereocenters. The second-order valence-electron chi connectivity index (χ2n) is 28.2. The van der Waals surface area contributed by atoms with E-state index < -0.39 is 124 Å². The molecule has 0 spiro atoms. The summed E-state index contributed by atoms with van der Waals surface area (Å²) >= 11 is 0. The van der Waals surface area contributed by atoms with Gasteiger partial charge in [-0.3, -0.25) is 4.79 Å². The van der Waals surface area contributed by atoms with Crippen molar-refractivity contribution < 1.29 is 89.4 Å². The minimum Gasteiger partial charge on any atom is -0.394 e. The summed E-state index contributed by atoms with van der Waals surface area (Å²) in [6, 6.07) is -0.972. The zero-order valence-electron chi connectivity index (χ0n) is 59.7. The normalized spacial score (nSPS) is 27.3. The van der Waals surface area contributed by atoms with Gasteiger partial charge in [-0.15, -0.1) is 0 Å². The van der Waals surface area contributed by atoms with Gasteiger partial charge >= 0.3 is 0 Å². The van der Waals surface area contributed by atoms with Gasteiger partial charge in [-0.25, -0.2) is 0 Å². The van der Waals surface area contributed by atoms with Gasteiger partial charge < -0.3 is 89.9 Å². The number of allylic oxidation sites excluding steroid dienone is 3. The first kappa shape index (κ1) is 87.5. The highest BCUT2D eigenvalue weighted by molar-refractivity contribution is 5.76. The monoisotopic (exact) mass is 1360 g/mol. The zero-order valence-corrected chi connectivity index (χ0v) is 59.7. The standard InChI is InChI=1S/C76H143NO18/c1-3-5-7-9-11-13-15-17-19-21-23-25-27-29-31-33-35-37-39-41-43-45-47-49-51-53-60(81)59(77-64(82)54-52-50-48-46-44-42-40-38-36-34-32-30-28-26-24-22-20-18-16-14-12-10-8-6-4-2)58-90-74-70(88)67(85)72(62(56-79)92-74)95-76-71(89)68(86)73(63(57-80)93-76)94-75-69(87)66(84)65(83)61(55-78)91-75/h22,24,51,53,59-63,65-76,78-81,83-89H,3-21,23,25-50,52,54-58H2,1-2H3,(H,77,82)/b24-22-,53-51+. The zero-order chi connectivity index (χ0) is 68.9. The first-order chi connectivity index (χ1) is 46.3. The molecule has 0 aromatic carbocycles. The lowest BCUT2D eigenvalue weighted by molar-refractivity contribution is -0.379. The summed E-state index contributed by atoms with van der Waals surface area (Å²) in [7, 11) is 0. The van der Waals surface area contributed by atoms with Crippen LogP contribution in [0, 0.1) is 0 Å². The van der Waals surface area contributed by atoms with Gasteiger partial charge in [-0.1, -0.05) is 295 Å². The summed E-state index contributed by atoms with van der Waals surface area (Å²) in [5.74, 6) is -0.270. The Kier molecular flexibility index (Phi) is 53.3. The molecule has 0 aromatic heterocycles. The third-order valence-electron chi connectivity index (χ3n) is 19.7. The molecule has 0 aliphatic carbocycles. The third-order valence-corrected chi connectivity index (χ3v) is 19.7. The van der Waals surface area contributed by atoms with E-state index in [1.165, 1.54) is 250 Å². The second-order valence-corrected chi connectivity index (χ2v) is 28.2. The number of aliphatic hydroxyl groups excluding tert-OH is 11. The molecule has 19 nitrogen and oxygen atoms in total. The first-order valence-corrected chi connectivity index (χ1v) is 39.1. The maximum Gasteiger partial charge on any atom is 0.220 e. The average Bonchev–Trinajstić information content (AvgIpc) is 0.787. The number of carbonyl (C=O) groups is 1. The number of nitrogens with one attached hydrogen (secondary N) is 1. The first-order valence-electron chi connectivity index (χ1n) is 39.1. The van der Waals surface area contributed by atoms with E-state index in [0.29, 0.717) is 6.42 Å². The molecule has 3 rings (SSSR count). The van der Waals surface area contributed by atoms with Crippen molar-refractivity contribution in [2.45, 2.75) is 426 Å². The Morgan fingerprint density at radius 3 is 1.02 bits per heavy atom. The summed E-state index contributed by atoms with van der Waals surface area (Å²) in [6.45, 7) is 1.79. The fraction of sp³-hybridized carbons (Fsp3) is 0.934. The summed E-state index contributed by atoms with van der Waals surface area (Å²) in [4.78, 5) is 13.5. The molecule has 0 bridgehead atoms. The molecule has 3 aliphatic rings. The topological polar surface area (TPSA) is 307 Å². The van der Waals surface area contributed by atoms with Crippen LogP contribution in [0.25, 0.3) is 0 Å². The predicted octanol–water partition coefficient (Wildman–Crippen LogP) is 12.2. The molecule has 17 atom stereocenters. The van der Waals surface area contributed by atoms with Crippen LogP contribution >= 0.6 is 0 Å². The molecule has 0 radical (unpaired) electrons. The highest BCUT2D eigenvalue weighted by Gasteiger charge is 2.53. The Morgan fingerprint density at radius 2 is 0.663 bits per heavy atom. The highest BCUT2D eigenvalue weighted by Crippen LogP contribution is 2.33. The number of hydrogen-bond donors (Lipinski definition) is 12. The van der Waals surface area contributed by atoms with E-state index in [9.17, 15) is 61.0 Å². The van der Waals surface area contributed by atoms with Gasteiger partial charge in [0.05, 0.1) is 38.6 Å². The number of hydrogen-bond acceptors (Lipinski definition) is 18. The lowest BCUT2D eigenvalue weighted by atomic mass is 9.96. The Hall–Kier alpha value is -1.73. The quantitative estimate of drug-likeness (QED) is 0.0199. The maximum atomic E-state index is 13.5. The van der Waals surface area contributed by atoms with Gasteiger partial charge in [0.25, 0.3) is 0 Å². The van der Waals surface area contributed by atoms with E-state index in [4.69, 9.17) is 28.4 Å². The maximum absolute atomic E-state index is 13.5. The van der Waals surface area contributed by atoms with Crippen molar-refractivity contribution in [3.63, 3.8) is 0 Å². The molecule has 0 aromatic rings. The number of rotatable bonds is 62. The Morgan fingerprint density at radius 1 is 0.368 bits per heavy atom. The van der Waals surface area contributed by atoms with Crippen molar-refractivity contribution in [3.05, 3.63) is 24.3 Å². The molecular weight excluding hydrogens is 1210 g/mol. The number of amides is 1. The van der Waals surface area contributed by atoms with Gasteiger partial charge in [0.1, 0.15) is 73.2 Å². The number of unbranched alkanes of at least 4 members (excludes halogenated alkanes) is 44. The van der Waals surface area contributed by atoms with Gasteiger partial charge in [-0.05, 0) is 44.9 Å². The van der Waals surface area contributed by atoms with Gasteiger partial charge in [-0.2, -0.15) is 0 Å². The molecule has 12 N–H and O–H groups in total. The number of carbonyl (C=O) groups excluding carboxylic acids is 1. The van der Waals surface area contributed by atoms with E-state index in [-0.39, 0.29) is 18.9 Å². The number of aliphatic hydroxyl groups is 11. The van der Waals surface area contributed by atoms with Gasteiger partial charge in [0, 0.05) is 6.42 Å². The van der Waals surface area contributed by atoms with Crippen LogP contribution in [0.15, 0.2) is 24.3 Å². The van der Waals surface area contributed by atoms with Crippen LogP contribution in [-0.4, -0.2) is 193 Å². The van der Waals surface area contributed by atoms with Crippen LogP contribution in [0.3, 0.4) is 0 Å². The average molecular weight is 1360 g/mol. The lowest BCUT2D eigenvalue weighted by Gasteiger charge is -2.48. The Labute approximate surface area is 575 Å². The second kappa shape index (κ2) is 57.8. The molecule has 560 valence electrons. The van der Waals surface area contributed by atoms with Crippen molar-refractivity contribution in [3.8, 4) is 0 Å². The van der Waals surface area contributed by atoms with Crippen molar-refractivity contribution in [2.75, 3.05) is 26.4 Å². The van der Waals surface area contributed by atoms with Crippen molar-refractivity contribution in [1.29, 1.82) is 0 Å². The van der Waals surface area contributed by atoms with Gasteiger partial charge in [0.15, 0.2) is 18.9 Å². The van der Waals surface area contributed by atoms with Crippen molar-refractivity contribution in [2.24, 2.45) is 0 Å². The van der Waals surface area contributed by atoms with E-state index in [1.54, 1.807) is 6.08 Å². The summed E-state index contributed by atoms with van der Waals surface area (Å²) in [6.07, 6.45) is 41.6. The van der Waals surface area contributed by atoms with Crippen LogP contribution in [0.5, 0.6) is 0 Å². The minimum absolute atomic E-state index is 0.246. The molecular formula is C76H143NO18. The fourth-order valence-electron chi connectivity index (χ4n) is 13.4. The molecule has 3 heterocycles. The molecule has 1 amide bonds. The SMILES string of the molecule is CCCCCCCCCC/C=C\CCCCCCCCCCCCCCCC(=O)NC(COC1OC(CO)C(OC2OC(CO)C(OC3OC(CO)C(O)C(O)C3O)C(O)C2O)C(O)C1O)C(O)/C=C/CCCCCCCCCCCCCCCCCCCCCCCCC. The van der Waals surface area contributed by atoms with Crippen molar-refractivity contribution >= 4 is 5.91 Å². The molecule has 3 fully saturated rings. The van der Waals surface area contributed by atoms with Crippen LogP contribution in [0.1, 0.15) is 322 Å². The van der Waals surface area contributed by atoms with Crippen molar-refractivity contribution in [1.82, 2.24) is 5.32 Å². The molecule has 19 heteroatoms.